The van der Waals surface area contributed by atoms with Crippen LogP contribution in [0.5, 0.6) is 0 Å². The van der Waals surface area contributed by atoms with Crippen LogP contribution in [-0.2, 0) is 17.6 Å². The third-order valence-corrected chi connectivity index (χ3v) is 5.13. The zero-order valence-corrected chi connectivity index (χ0v) is 13.9. The number of halogens is 1. The normalized spacial score (nSPS) is 27.4. The Balaban J connectivity index is 0.00000176. The molecule has 1 saturated carbocycles. The van der Waals surface area contributed by atoms with Crippen molar-refractivity contribution in [3.05, 3.63) is 35.4 Å². The molecule has 0 aliphatic heterocycles. The number of hydrogen-bond donors (Lipinski definition) is 2. The Kier molecular flexibility index (Phi) is 6.27. The van der Waals surface area contributed by atoms with Crippen LogP contribution < -0.4 is 11.1 Å². The molecule has 3 nitrogen and oxygen atoms in total. The molecule has 0 spiro atoms. The fourth-order valence-electron chi connectivity index (χ4n) is 3.84. The topological polar surface area (TPSA) is 55.1 Å². The average Bonchev–Trinajstić information content (AvgIpc) is 2.49. The van der Waals surface area contributed by atoms with E-state index >= 15 is 0 Å². The van der Waals surface area contributed by atoms with Crippen LogP contribution in [0.4, 0.5) is 0 Å². The molecule has 0 radical (unpaired) electrons. The van der Waals surface area contributed by atoms with Gasteiger partial charge in [-0.05, 0) is 49.1 Å². The molecule has 1 fully saturated rings. The Labute approximate surface area is 139 Å². The first kappa shape index (κ1) is 17.3. The van der Waals surface area contributed by atoms with E-state index in [-0.39, 0.29) is 24.4 Å². The van der Waals surface area contributed by atoms with Crippen LogP contribution in [0.1, 0.15) is 49.7 Å². The van der Waals surface area contributed by atoms with Crippen molar-refractivity contribution in [2.45, 2.75) is 63.5 Å². The third kappa shape index (κ3) is 4.23. The van der Waals surface area contributed by atoms with Gasteiger partial charge in [0.15, 0.2) is 0 Å². The lowest BCUT2D eigenvalue weighted by molar-refractivity contribution is -0.123. The first-order chi connectivity index (χ1) is 10.2. The number of benzene rings is 1. The minimum Gasteiger partial charge on any atom is -0.353 e. The molecule has 1 amide bonds. The highest BCUT2D eigenvalue weighted by Crippen LogP contribution is 2.26. The summed E-state index contributed by atoms with van der Waals surface area (Å²) in [5.74, 6) is 0.580. The van der Waals surface area contributed by atoms with Crippen molar-refractivity contribution in [1.82, 2.24) is 5.32 Å². The number of hydrogen-bond acceptors (Lipinski definition) is 2. The largest absolute Gasteiger partial charge is 0.353 e. The highest BCUT2D eigenvalue weighted by Gasteiger charge is 2.26. The van der Waals surface area contributed by atoms with Gasteiger partial charge in [-0.2, -0.15) is 0 Å². The minimum atomic E-state index is 0. The Hall–Kier alpha value is -1.06. The number of fused-ring (bicyclic) bond motifs is 1. The van der Waals surface area contributed by atoms with Crippen molar-refractivity contribution in [3.8, 4) is 0 Å². The fourth-order valence-corrected chi connectivity index (χ4v) is 3.84. The molecule has 0 bridgehead atoms. The molecule has 3 unspecified atom stereocenters. The number of amides is 1. The SMILES string of the molecule is Cl.NC1CCCCC1CC(=O)NC1CCc2ccccc2C1. The van der Waals surface area contributed by atoms with Crippen LogP contribution in [0.15, 0.2) is 24.3 Å². The van der Waals surface area contributed by atoms with Crippen LogP contribution in [0.25, 0.3) is 0 Å². The van der Waals surface area contributed by atoms with Gasteiger partial charge in [-0.25, -0.2) is 0 Å². The van der Waals surface area contributed by atoms with Crippen molar-refractivity contribution in [2.24, 2.45) is 11.7 Å². The zero-order valence-electron chi connectivity index (χ0n) is 13.1. The molecule has 0 heterocycles. The van der Waals surface area contributed by atoms with E-state index in [4.69, 9.17) is 5.73 Å². The Morgan fingerprint density at radius 2 is 1.86 bits per heavy atom. The van der Waals surface area contributed by atoms with E-state index < -0.39 is 0 Å². The average molecular weight is 323 g/mol. The summed E-state index contributed by atoms with van der Waals surface area (Å²) in [5.41, 5.74) is 8.98. The maximum absolute atomic E-state index is 12.3. The predicted octanol–water partition coefficient (Wildman–Crippen LogP) is 2.99. The lowest BCUT2D eigenvalue weighted by atomic mass is 9.82. The van der Waals surface area contributed by atoms with E-state index in [0.29, 0.717) is 18.4 Å². The second-order valence-electron chi connectivity index (χ2n) is 6.69. The monoisotopic (exact) mass is 322 g/mol. The van der Waals surface area contributed by atoms with Gasteiger partial charge in [0.2, 0.25) is 5.91 Å². The molecule has 2 aliphatic carbocycles. The molecule has 4 heteroatoms. The van der Waals surface area contributed by atoms with Crippen LogP contribution in [-0.4, -0.2) is 18.0 Å². The summed E-state index contributed by atoms with van der Waals surface area (Å²) in [6.07, 6.45) is 8.35. The fraction of sp³-hybridized carbons (Fsp3) is 0.611. The quantitative estimate of drug-likeness (QED) is 0.899. The second kappa shape index (κ2) is 7.98. The van der Waals surface area contributed by atoms with Crippen molar-refractivity contribution >= 4 is 18.3 Å². The first-order valence-corrected chi connectivity index (χ1v) is 8.34. The maximum Gasteiger partial charge on any atom is 0.220 e. The first-order valence-electron chi connectivity index (χ1n) is 8.34. The number of carbonyl (C=O) groups excluding carboxylic acids is 1. The molecular weight excluding hydrogens is 296 g/mol. The van der Waals surface area contributed by atoms with Gasteiger partial charge < -0.3 is 11.1 Å². The Bertz CT molecular complexity index is 506. The molecule has 3 atom stereocenters. The predicted molar refractivity (Wildman–Crippen MR) is 92.2 cm³/mol. The van der Waals surface area contributed by atoms with Crippen LogP contribution >= 0.6 is 12.4 Å². The highest BCUT2D eigenvalue weighted by molar-refractivity contribution is 5.85. The van der Waals surface area contributed by atoms with E-state index in [9.17, 15) is 4.79 Å². The van der Waals surface area contributed by atoms with E-state index in [1.807, 2.05) is 0 Å². The summed E-state index contributed by atoms with van der Waals surface area (Å²) >= 11 is 0. The Morgan fingerprint density at radius 3 is 2.64 bits per heavy atom. The number of aryl methyl sites for hydroxylation is 1. The summed E-state index contributed by atoms with van der Waals surface area (Å²) in [6.45, 7) is 0. The zero-order chi connectivity index (χ0) is 14.7. The molecule has 2 aliphatic rings. The van der Waals surface area contributed by atoms with E-state index in [0.717, 1.165) is 32.1 Å². The molecule has 0 aromatic heterocycles. The third-order valence-electron chi connectivity index (χ3n) is 5.13. The van der Waals surface area contributed by atoms with Gasteiger partial charge in [0, 0.05) is 18.5 Å². The summed E-state index contributed by atoms with van der Waals surface area (Å²) in [5, 5.41) is 3.23. The van der Waals surface area contributed by atoms with Gasteiger partial charge in [0.1, 0.15) is 0 Å². The molecular formula is C18H27ClN2O. The van der Waals surface area contributed by atoms with Gasteiger partial charge >= 0.3 is 0 Å². The van der Waals surface area contributed by atoms with Crippen LogP contribution in [0, 0.1) is 5.92 Å². The van der Waals surface area contributed by atoms with Gasteiger partial charge in [-0.3, -0.25) is 4.79 Å². The molecule has 3 rings (SSSR count). The number of nitrogens with one attached hydrogen (secondary N) is 1. The number of nitrogens with two attached hydrogens (primary N) is 1. The van der Waals surface area contributed by atoms with Crippen molar-refractivity contribution in [2.75, 3.05) is 0 Å². The van der Waals surface area contributed by atoms with Crippen molar-refractivity contribution < 1.29 is 4.79 Å². The Morgan fingerprint density at radius 1 is 1.14 bits per heavy atom. The van der Waals surface area contributed by atoms with Crippen LogP contribution in [0.3, 0.4) is 0 Å². The van der Waals surface area contributed by atoms with Crippen LogP contribution in [0.2, 0.25) is 0 Å². The van der Waals surface area contributed by atoms with Gasteiger partial charge in [0.25, 0.3) is 0 Å². The summed E-state index contributed by atoms with van der Waals surface area (Å²) < 4.78 is 0. The van der Waals surface area contributed by atoms with E-state index in [1.165, 1.54) is 24.0 Å². The molecule has 22 heavy (non-hydrogen) atoms. The molecule has 122 valence electrons. The molecule has 1 aromatic rings. The maximum atomic E-state index is 12.3. The van der Waals surface area contributed by atoms with E-state index in [2.05, 4.69) is 29.6 Å². The summed E-state index contributed by atoms with van der Waals surface area (Å²) in [7, 11) is 0. The van der Waals surface area contributed by atoms with Crippen molar-refractivity contribution in [1.29, 1.82) is 0 Å². The summed E-state index contributed by atoms with van der Waals surface area (Å²) in [6, 6.07) is 9.09. The minimum absolute atomic E-state index is 0. The molecule has 0 saturated heterocycles. The number of carbonyl (C=O) groups is 1. The smallest absolute Gasteiger partial charge is 0.220 e. The van der Waals surface area contributed by atoms with Gasteiger partial charge in [0.05, 0.1) is 0 Å². The number of rotatable bonds is 3. The van der Waals surface area contributed by atoms with E-state index in [1.54, 1.807) is 0 Å². The van der Waals surface area contributed by atoms with Gasteiger partial charge in [-0.1, -0.05) is 37.1 Å². The lowest BCUT2D eigenvalue weighted by Gasteiger charge is -2.30. The standard InChI is InChI=1S/C18H26N2O.ClH/c19-17-8-4-3-7-15(17)12-18(21)20-16-10-9-13-5-1-2-6-14(13)11-16;/h1-2,5-6,15-17H,3-4,7-12,19H2,(H,20,21);1H. The second-order valence-corrected chi connectivity index (χ2v) is 6.69. The lowest BCUT2D eigenvalue weighted by Crippen LogP contribution is -2.42. The molecule has 3 N–H and O–H groups in total. The molecule has 1 aromatic carbocycles. The van der Waals surface area contributed by atoms with Crippen molar-refractivity contribution in [3.63, 3.8) is 0 Å². The summed E-state index contributed by atoms with van der Waals surface area (Å²) in [4.78, 5) is 12.3. The highest BCUT2D eigenvalue weighted by atomic mass is 35.5. The van der Waals surface area contributed by atoms with Gasteiger partial charge in [-0.15, -0.1) is 12.4 Å².